The molecule has 0 heterocycles. The van der Waals surface area contributed by atoms with E-state index < -0.39 is 22.2 Å². The normalized spacial score (nSPS) is 11.7. The third-order valence-electron chi connectivity index (χ3n) is 1.91. The summed E-state index contributed by atoms with van der Waals surface area (Å²) in [5, 5.41) is 17.1. The van der Waals surface area contributed by atoms with Gasteiger partial charge in [0.1, 0.15) is 4.33 Å². The molecule has 4 nitrogen and oxygen atoms in total. The van der Waals surface area contributed by atoms with E-state index >= 15 is 0 Å². The van der Waals surface area contributed by atoms with Gasteiger partial charge in [0.15, 0.2) is 5.92 Å². The van der Waals surface area contributed by atoms with Gasteiger partial charge in [-0.3, -0.25) is 9.59 Å². The van der Waals surface area contributed by atoms with Gasteiger partial charge in [-0.2, -0.15) is 0 Å². The standard InChI is InChI=1S/C8H12Cl2O4/c1-2-8(9,10)4-3-5(6(11)12)7(13)14/h5H,2-4H2,1H3,(H,11,12)(H,13,14). The van der Waals surface area contributed by atoms with E-state index in [1.807, 2.05) is 0 Å². The summed E-state index contributed by atoms with van der Waals surface area (Å²) in [4.78, 5) is 21.0. The molecule has 0 amide bonds. The second kappa shape index (κ2) is 5.41. The third kappa shape index (κ3) is 4.67. The van der Waals surface area contributed by atoms with Crippen LogP contribution in [0.15, 0.2) is 0 Å². The lowest BCUT2D eigenvalue weighted by molar-refractivity contribution is -0.154. The summed E-state index contributed by atoms with van der Waals surface area (Å²) in [5.74, 6) is -4.16. The molecule has 0 rings (SSSR count). The van der Waals surface area contributed by atoms with Crippen LogP contribution in [-0.4, -0.2) is 26.5 Å². The minimum atomic E-state index is -1.43. The smallest absolute Gasteiger partial charge is 0.317 e. The van der Waals surface area contributed by atoms with Crippen molar-refractivity contribution in [1.82, 2.24) is 0 Å². The molecule has 0 fully saturated rings. The zero-order valence-corrected chi connectivity index (χ0v) is 9.18. The van der Waals surface area contributed by atoms with E-state index in [1.54, 1.807) is 6.92 Å². The van der Waals surface area contributed by atoms with Gasteiger partial charge in [-0.25, -0.2) is 0 Å². The van der Waals surface area contributed by atoms with Crippen molar-refractivity contribution in [3.8, 4) is 0 Å². The molecular weight excluding hydrogens is 231 g/mol. The van der Waals surface area contributed by atoms with Crippen LogP contribution in [-0.2, 0) is 9.59 Å². The van der Waals surface area contributed by atoms with Crippen molar-refractivity contribution >= 4 is 35.1 Å². The Morgan fingerprint density at radius 1 is 1.29 bits per heavy atom. The van der Waals surface area contributed by atoms with Crippen LogP contribution in [0.25, 0.3) is 0 Å². The molecule has 0 bridgehead atoms. The van der Waals surface area contributed by atoms with Crippen LogP contribution in [0, 0.1) is 5.92 Å². The second-order valence-electron chi connectivity index (χ2n) is 2.98. The molecule has 0 aliphatic rings. The average Bonchev–Trinajstić information content (AvgIpc) is 2.03. The minimum Gasteiger partial charge on any atom is -0.481 e. The molecule has 6 heteroatoms. The number of hydrogen-bond acceptors (Lipinski definition) is 2. The highest BCUT2D eigenvalue weighted by Crippen LogP contribution is 2.31. The van der Waals surface area contributed by atoms with Crippen LogP contribution in [0.2, 0.25) is 0 Å². The Bertz CT molecular complexity index is 213. The first-order chi connectivity index (χ1) is 6.30. The first-order valence-corrected chi connectivity index (χ1v) is 4.89. The molecule has 82 valence electrons. The number of carboxylic acids is 2. The van der Waals surface area contributed by atoms with Gasteiger partial charge in [0.25, 0.3) is 0 Å². The maximum atomic E-state index is 10.5. The molecule has 0 radical (unpaired) electrons. The lowest BCUT2D eigenvalue weighted by Crippen LogP contribution is -2.25. The summed E-state index contributed by atoms with van der Waals surface area (Å²) in [5.41, 5.74) is 0. The third-order valence-corrected chi connectivity index (χ3v) is 2.82. The Morgan fingerprint density at radius 3 is 2.00 bits per heavy atom. The lowest BCUT2D eigenvalue weighted by atomic mass is 10.0. The predicted octanol–water partition coefficient (Wildman–Crippen LogP) is 2.14. The molecule has 0 saturated carbocycles. The Balaban J connectivity index is 4.21. The molecule has 0 aliphatic heterocycles. The van der Waals surface area contributed by atoms with Gasteiger partial charge in [0, 0.05) is 0 Å². The Labute approximate surface area is 91.8 Å². The van der Waals surface area contributed by atoms with Crippen molar-refractivity contribution in [2.24, 2.45) is 5.92 Å². The van der Waals surface area contributed by atoms with Crippen molar-refractivity contribution in [2.75, 3.05) is 0 Å². The topological polar surface area (TPSA) is 74.6 Å². The number of halogens is 2. The summed E-state index contributed by atoms with van der Waals surface area (Å²) in [6.07, 6.45) is 0.531. The highest BCUT2D eigenvalue weighted by atomic mass is 35.5. The molecule has 0 aromatic carbocycles. The quantitative estimate of drug-likeness (QED) is 0.553. The van der Waals surface area contributed by atoms with Gasteiger partial charge in [-0.15, -0.1) is 23.2 Å². The minimum absolute atomic E-state index is 0.0640. The zero-order valence-electron chi connectivity index (χ0n) is 7.67. The van der Waals surface area contributed by atoms with Crippen molar-refractivity contribution in [3.05, 3.63) is 0 Å². The van der Waals surface area contributed by atoms with Gasteiger partial charge >= 0.3 is 11.9 Å². The Hall–Kier alpha value is -0.480. The molecule has 0 aromatic heterocycles. The molecule has 0 aliphatic carbocycles. The van der Waals surface area contributed by atoms with E-state index in [9.17, 15) is 9.59 Å². The fourth-order valence-corrected chi connectivity index (χ4v) is 1.10. The highest BCUT2D eigenvalue weighted by Gasteiger charge is 2.30. The van der Waals surface area contributed by atoms with Crippen LogP contribution in [0.4, 0.5) is 0 Å². The molecule has 0 unspecified atom stereocenters. The molecule has 0 atom stereocenters. The number of rotatable bonds is 6. The van der Waals surface area contributed by atoms with Gasteiger partial charge < -0.3 is 10.2 Å². The number of carbonyl (C=O) groups is 2. The zero-order chi connectivity index (χ0) is 11.4. The monoisotopic (exact) mass is 242 g/mol. The summed E-state index contributed by atoms with van der Waals surface area (Å²) in [7, 11) is 0. The first-order valence-electron chi connectivity index (χ1n) is 4.13. The van der Waals surface area contributed by atoms with Crippen molar-refractivity contribution in [2.45, 2.75) is 30.5 Å². The van der Waals surface area contributed by atoms with E-state index in [4.69, 9.17) is 33.4 Å². The van der Waals surface area contributed by atoms with Gasteiger partial charge in [0.05, 0.1) is 0 Å². The fraction of sp³-hybridized carbons (Fsp3) is 0.750. The number of carboxylic acid groups (broad SMARTS) is 2. The predicted molar refractivity (Wildman–Crippen MR) is 52.7 cm³/mol. The molecule has 2 N–H and O–H groups in total. The molecule has 0 spiro atoms. The van der Waals surface area contributed by atoms with Gasteiger partial charge in [-0.05, 0) is 19.3 Å². The van der Waals surface area contributed by atoms with Gasteiger partial charge in [-0.1, -0.05) is 6.92 Å². The van der Waals surface area contributed by atoms with E-state index in [0.717, 1.165) is 0 Å². The van der Waals surface area contributed by atoms with Crippen molar-refractivity contribution in [3.63, 3.8) is 0 Å². The van der Waals surface area contributed by atoms with E-state index in [1.165, 1.54) is 0 Å². The Morgan fingerprint density at radius 2 is 1.71 bits per heavy atom. The molecule has 0 saturated heterocycles. The Kier molecular flexibility index (Phi) is 5.23. The summed E-state index contributed by atoms with van der Waals surface area (Å²) >= 11 is 11.5. The molecular formula is C8H12Cl2O4. The fourth-order valence-electron chi connectivity index (χ4n) is 0.885. The molecule has 0 aromatic rings. The highest BCUT2D eigenvalue weighted by molar-refractivity contribution is 6.48. The van der Waals surface area contributed by atoms with E-state index in [0.29, 0.717) is 6.42 Å². The maximum absolute atomic E-state index is 10.5. The van der Waals surface area contributed by atoms with Crippen LogP contribution >= 0.6 is 23.2 Å². The van der Waals surface area contributed by atoms with Crippen molar-refractivity contribution in [1.29, 1.82) is 0 Å². The van der Waals surface area contributed by atoms with Crippen molar-refractivity contribution < 1.29 is 19.8 Å². The number of aliphatic carboxylic acids is 2. The average molecular weight is 243 g/mol. The van der Waals surface area contributed by atoms with Crippen LogP contribution in [0.3, 0.4) is 0 Å². The van der Waals surface area contributed by atoms with Crippen LogP contribution in [0.5, 0.6) is 0 Å². The van der Waals surface area contributed by atoms with E-state index in [2.05, 4.69) is 0 Å². The molecule has 14 heavy (non-hydrogen) atoms. The largest absolute Gasteiger partial charge is 0.481 e. The maximum Gasteiger partial charge on any atom is 0.317 e. The number of hydrogen-bond donors (Lipinski definition) is 2. The first kappa shape index (κ1) is 13.5. The SMILES string of the molecule is CCC(Cl)(Cl)CCC(C(=O)O)C(=O)O. The second-order valence-corrected chi connectivity index (χ2v) is 4.62. The van der Waals surface area contributed by atoms with Gasteiger partial charge in [0.2, 0.25) is 0 Å². The van der Waals surface area contributed by atoms with E-state index in [-0.39, 0.29) is 12.8 Å². The lowest BCUT2D eigenvalue weighted by Gasteiger charge is -2.18. The summed E-state index contributed by atoms with van der Waals surface area (Å²) in [6.45, 7) is 1.75. The summed E-state index contributed by atoms with van der Waals surface area (Å²) < 4.78 is -1.04. The number of alkyl halides is 2. The van der Waals surface area contributed by atoms with Crippen LogP contribution in [0.1, 0.15) is 26.2 Å². The summed E-state index contributed by atoms with van der Waals surface area (Å²) in [6, 6.07) is 0. The van der Waals surface area contributed by atoms with Crippen LogP contribution < -0.4 is 0 Å².